The van der Waals surface area contributed by atoms with Crippen molar-refractivity contribution in [2.45, 2.75) is 13.0 Å². The van der Waals surface area contributed by atoms with Crippen molar-refractivity contribution < 1.29 is 28.7 Å². The number of hydrogen-bond acceptors (Lipinski definition) is 7. The van der Waals surface area contributed by atoms with Gasteiger partial charge < -0.3 is 19.5 Å². The number of carbonyl (C=O) groups excluding carboxylic acids is 2. The number of nitrogens with zero attached hydrogens (tertiary/aromatic N) is 1. The predicted molar refractivity (Wildman–Crippen MR) is 121 cm³/mol. The Morgan fingerprint density at radius 3 is 2.36 bits per heavy atom. The number of para-hydroxylation sites is 1. The number of nitro benzene ring substituents is 1. The average molecular weight is 471 g/mol. The van der Waals surface area contributed by atoms with Crippen LogP contribution in [0.4, 0.5) is 11.4 Å². The number of hydrogen-bond donors (Lipinski definition) is 1. The lowest BCUT2D eigenvalue weighted by Gasteiger charge is -2.15. The van der Waals surface area contributed by atoms with E-state index in [4.69, 9.17) is 25.8 Å². The predicted octanol–water partition coefficient (Wildman–Crippen LogP) is 5.23. The summed E-state index contributed by atoms with van der Waals surface area (Å²) in [6, 6.07) is 16.9. The summed E-state index contributed by atoms with van der Waals surface area (Å²) < 4.78 is 16.1. The number of ether oxygens (including phenoxy) is 3. The quantitative estimate of drug-likeness (QED) is 0.272. The average Bonchev–Trinajstić information content (AvgIpc) is 2.80. The summed E-state index contributed by atoms with van der Waals surface area (Å²) in [5, 5.41) is 14.1. The second kappa shape index (κ2) is 10.5. The highest BCUT2D eigenvalue weighted by molar-refractivity contribution is 6.30. The first-order valence-electron chi connectivity index (χ1n) is 9.65. The highest BCUT2D eigenvalue weighted by Gasteiger charge is 2.22. The summed E-state index contributed by atoms with van der Waals surface area (Å²) in [5.74, 6) is -1.03. The van der Waals surface area contributed by atoms with Crippen LogP contribution in [0.25, 0.3) is 0 Å². The standard InChI is InChI=1S/C23H19ClN2O7/c1-14(22(27)25-17-6-4-3-5-7-17)32-23(28)15-8-10-20(21(12-15)31-2)33-19-11-9-16(24)13-18(19)26(29)30/h3-14H,1-2H3,(H,25,27)/t14-/m1/s1. The normalized spacial score (nSPS) is 11.2. The van der Waals surface area contributed by atoms with Gasteiger partial charge in [0.1, 0.15) is 0 Å². The zero-order chi connectivity index (χ0) is 24.0. The number of esters is 1. The molecule has 0 aromatic heterocycles. The smallest absolute Gasteiger partial charge is 0.339 e. The maximum Gasteiger partial charge on any atom is 0.339 e. The van der Waals surface area contributed by atoms with E-state index in [2.05, 4.69) is 5.32 Å². The van der Waals surface area contributed by atoms with Gasteiger partial charge in [0.05, 0.1) is 17.6 Å². The first-order chi connectivity index (χ1) is 15.8. The maximum absolute atomic E-state index is 12.5. The van der Waals surface area contributed by atoms with Gasteiger partial charge in [-0.3, -0.25) is 14.9 Å². The van der Waals surface area contributed by atoms with E-state index in [1.54, 1.807) is 24.3 Å². The van der Waals surface area contributed by atoms with Gasteiger partial charge in [-0.2, -0.15) is 0 Å². The molecule has 0 radical (unpaired) electrons. The summed E-state index contributed by atoms with van der Waals surface area (Å²) in [6.07, 6.45) is -1.06. The van der Waals surface area contributed by atoms with Crippen molar-refractivity contribution in [3.63, 3.8) is 0 Å². The summed E-state index contributed by atoms with van der Waals surface area (Å²) in [4.78, 5) is 35.5. The Balaban J connectivity index is 1.73. The molecule has 1 amide bonds. The summed E-state index contributed by atoms with van der Waals surface area (Å²) >= 11 is 5.82. The van der Waals surface area contributed by atoms with E-state index >= 15 is 0 Å². The molecule has 33 heavy (non-hydrogen) atoms. The number of nitro groups is 1. The van der Waals surface area contributed by atoms with Crippen molar-refractivity contribution in [2.24, 2.45) is 0 Å². The van der Waals surface area contributed by atoms with Crippen LogP contribution < -0.4 is 14.8 Å². The van der Waals surface area contributed by atoms with Crippen molar-refractivity contribution in [3.05, 3.63) is 87.4 Å². The van der Waals surface area contributed by atoms with E-state index in [1.165, 1.54) is 44.4 Å². The molecular weight excluding hydrogens is 452 g/mol. The third-order valence-electron chi connectivity index (χ3n) is 4.43. The number of carbonyl (C=O) groups is 2. The molecule has 0 saturated heterocycles. The molecule has 10 heteroatoms. The molecule has 3 aromatic rings. The largest absolute Gasteiger partial charge is 0.493 e. The molecule has 1 N–H and O–H groups in total. The number of benzene rings is 3. The molecule has 0 unspecified atom stereocenters. The van der Waals surface area contributed by atoms with Crippen molar-refractivity contribution in [3.8, 4) is 17.2 Å². The number of amides is 1. The van der Waals surface area contributed by atoms with Gasteiger partial charge in [-0.25, -0.2) is 4.79 Å². The molecule has 0 aliphatic rings. The Hall–Kier alpha value is -4.11. The zero-order valence-corrected chi connectivity index (χ0v) is 18.4. The van der Waals surface area contributed by atoms with E-state index < -0.39 is 22.9 Å². The second-order valence-corrected chi connectivity index (χ2v) is 7.18. The molecule has 0 aliphatic heterocycles. The fourth-order valence-electron chi connectivity index (χ4n) is 2.76. The molecule has 9 nitrogen and oxygen atoms in total. The van der Waals surface area contributed by atoms with Gasteiger partial charge in [0.25, 0.3) is 5.91 Å². The molecule has 0 spiro atoms. The van der Waals surface area contributed by atoms with Crippen LogP contribution in [0, 0.1) is 10.1 Å². The van der Waals surface area contributed by atoms with E-state index in [9.17, 15) is 19.7 Å². The molecule has 0 bridgehead atoms. The molecule has 170 valence electrons. The van der Waals surface area contributed by atoms with Crippen LogP contribution in [-0.2, 0) is 9.53 Å². The molecule has 3 rings (SSSR count). The van der Waals surface area contributed by atoms with Gasteiger partial charge in [0.2, 0.25) is 5.75 Å². The Morgan fingerprint density at radius 1 is 1.00 bits per heavy atom. The Kier molecular flexibility index (Phi) is 7.47. The maximum atomic E-state index is 12.5. The monoisotopic (exact) mass is 470 g/mol. The van der Waals surface area contributed by atoms with Crippen LogP contribution in [0.5, 0.6) is 17.2 Å². The van der Waals surface area contributed by atoms with Gasteiger partial charge in [-0.05, 0) is 49.4 Å². The van der Waals surface area contributed by atoms with Gasteiger partial charge >= 0.3 is 11.7 Å². The number of halogens is 1. The van der Waals surface area contributed by atoms with Crippen LogP contribution in [0.2, 0.25) is 5.02 Å². The number of anilines is 1. The summed E-state index contributed by atoms with van der Waals surface area (Å²) in [5.41, 5.74) is 0.348. The van der Waals surface area contributed by atoms with Gasteiger partial charge in [0, 0.05) is 16.8 Å². The third-order valence-corrected chi connectivity index (χ3v) is 4.67. The van der Waals surface area contributed by atoms with E-state index in [-0.39, 0.29) is 33.5 Å². The minimum atomic E-state index is -1.06. The fraction of sp³-hybridized carbons (Fsp3) is 0.130. The minimum Gasteiger partial charge on any atom is -0.493 e. The zero-order valence-electron chi connectivity index (χ0n) is 17.6. The Bertz CT molecular complexity index is 1180. The second-order valence-electron chi connectivity index (χ2n) is 6.74. The summed E-state index contributed by atoms with van der Waals surface area (Å²) in [7, 11) is 1.35. The van der Waals surface area contributed by atoms with Crippen LogP contribution in [0.15, 0.2) is 66.7 Å². The highest BCUT2D eigenvalue weighted by Crippen LogP contribution is 2.38. The summed E-state index contributed by atoms with van der Waals surface area (Å²) in [6.45, 7) is 1.45. The minimum absolute atomic E-state index is 0.0516. The molecule has 0 aliphatic carbocycles. The van der Waals surface area contributed by atoms with E-state index in [0.29, 0.717) is 5.69 Å². The molecule has 0 heterocycles. The van der Waals surface area contributed by atoms with Gasteiger partial charge in [0.15, 0.2) is 17.6 Å². The van der Waals surface area contributed by atoms with Crippen LogP contribution in [-0.4, -0.2) is 30.0 Å². The number of methoxy groups -OCH3 is 1. The van der Waals surface area contributed by atoms with Crippen LogP contribution in [0.1, 0.15) is 17.3 Å². The van der Waals surface area contributed by atoms with Crippen molar-refractivity contribution in [2.75, 3.05) is 12.4 Å². The molecule has 0 fully saturated rings. The Morgan fingerprint density at radius 2 is 1.70 bits per heavy atom. The number of rotatable bonds is 8. The van der Waals surface area contributed by atoms with Gasteiger partial charge in [-0.15, -0.1) is 0 Å². The SMILES string of the molecule is COc1cc(C(=O)O[C@H](C)C(=O)Nc2ccccc2)ccc1Oc1ccc(Cl)cc1[N+](=O)[O-]. The lowest BCUT2D eigenvalue weighted by Crippen LogP contribution is -2.30. The van der Waals surface area contributed by atoms with Crippen LogP contribution in [0.3, 0.4) is 0 Å². The topological polar surface area (TPSA) is 117 Å². The first kappa shape index (κ1) is 23.6. The van der Waals surface area contributed by atoms with Gasteiger partial charge in [-0.1, -0.05) is 29.8 Å². The lowest BCUT2D eigenvalue weighted by atomic mass is 10.2. The van der Waals surface area contributed by atoms with Crippen LogP contribution >= 0.6 is 11.6 Å². The van der Waals surface area contributed by atoms with Crippen molar-refractivity contribution in [1.29, 1.82) is 0 Å². The molecule has 0 saturated carbocycles. The molecule has 3 aromatic carbocycles. The highest BCUT2D eigenvalue weighted by atomic mass is 35.5. The third kappa shape index (κ3) is 5.98. The van der Waals surface area contributed by atoms with Crippen molar-refractivity contribution in [1.82, 2.24) is 0 Å². The molecule has 1 atom stereocenters. The van der Waals surface area contributed by atoms with Crippen molar-refractivity contribution >= 4 is 34.9 Å². The molecular formula is C23H19ClN2O7. The van der Waals surface area contributed by atoms with E-state index in [1.807, 2.05) is 6.07 Å². The number of nitrogens with one attached hydrogen (secondary N) is 1. The van der Waals surface area contributed by atoms with E-state index in [0.717, 1.165) is 6.07 Å². The fourth-order valence-corrected chi connectivity index (χ4v) is 2.93. The first-order valence-corrected chi connectivity index (χ1v) is 10.0. The Labute approximate surface area is 194 Å². The lowest BCUT2D eigenvalue weighted by molar-refractivity contribution is -0.385.